The number of carbonyl (C=O) groups is 1. The number of benzene rings is 1. The molecule has 3 rings (SSSR count). The summed E-state index contributed by atoms with van der Waals surface area (Å²) in [4.78, 5) is 14.3. The summed E-state index contributed by atoms with van der Waals surface area (Å²) < 4.78 is 5.54. The maximum Gasteiger partial charge on any atom is 0.321 e. The largest absolute Gasteiger partial charge is 0.492 e. The number of amides is 2. The molecule has 1 heterocycles. The van der Waals surface area contributed by atoms with Gasteiger partial charge in [0.05, 0.1) is 12.3 Å². The Kier molecular flexibility index (Phi) is 4.13. The minimum Gasteiger partial charge on any atom is -0.492 e. The van der Waals surface area contributed by atoms with Crippen LogP contribution in [0.2, 0.25) is 0 Å². The van der Waals surface area contributed by atoms with Crippen LogP contribution in [-0.2, 0) is 0 Å². The van der Waals surface area contributed by atoms with Gasteiger partial charge in [0, 0.05) is 13.1 Å². The number of nitrogens with zero attached hydrogens (tertiary/aromatic N) is 1. The fourth-order valence-electron chi connectivity index (χ4n) is 2.79. The molecule has 0 unspecified atom stereocenters. The van der Waals surface area contributed by atoms with Gasteiger partial charge in [-0.2, -0.15) is 0 Å². The first kappa shape index (κ1) is 14.0. The molecule has 1 N–H and O–H groups in total. The van der Waals surface area contributed by atoms with Crippen LogP contribution in [0.1, 0.15) is 32.6 Å². The van der Waals surface area contributed by atoms with Crippen LogP contribution in [0.15, 0.2) is 35.4 Å². The molecule has 0 spiro atoms. The fourth-order valence-corrected chi connectivity index (χ4v) is 2.79. The number of rotatable bonds is 3. The lowest BCUT2D eigenvalue weighted by molar-refractivity contribution is 0.207. The highest BCUT2D eigenvalue weighted by molar-refractivity contribution is 5.91. The van der Waals surface area contributed by atoms with Gasteiger partial charge < -0.3 is 15.0 Å². The van der Waals surface area contributed by atoms with Gasteiger partial charge in [-0.25, -0.2) is 4.79 Å². The van der Waals surface area contributed by atoms with Crippen molar-refractivity contribution in [3.05, 3.63) is 35.4 Å². The summed E-state index contributed by atoms with van der Waals surface area (Å²) in [5, 5.41) is 2.97. The van der Waals surface area contributed by atoms with Crippen LogP contribution in [0.4, 0.5) is 10.5 Å². The molecule has 1 aromatic rings. The molecule has 0 aromatic heterocycles. The summed E-state index contributed by atoms with van der Waals surface area (Å²) in [6, 6.07) is 7.55. The third kappa shape index (κ3) is 3.38. The van der Waals surface area contributed by atoms with Gasteiger partial charge in [-0.3, -0.25) is 0 Å². The van der Waals surface area contributed by atoms with E-state index in [0.717, 1.165) is 37.4 Å². The highest BCUT2D eigenvalue weighted by Crippen LogP contribution is 2.36. The van der Waals surface area contributed by atoms with Crippen molar-refractivity contribution in [2.75, 3.05) is 25.0 Å². The summed E-state index contributed by atoms with van der Waals surface area (Å²) >= 11 is 0. The van der Waals surface area contributed by atoms with Gasteiger partial charge in [-0.05, 0) is 44.7 Å². The highest BCUT2D eigenvalue weighted by atomic mass is 16.5. The van der Waals surface area contributed by atoms with Crippen LogP contribution in [-0.4, -0.2) is 30.6 Å². The van der Waals surface area contributed by atoms with Crippen LogP contribution < -0.4 is 10.1 Å². The molecule has 1 aliphatic carbocycles. The highest BCUT2D eigenvalue weighted by Gasteiger charge is 2.24. The first-order valence-electron chi connectivity index (χ1n) is 7.75. The van der Waals surface area contributed by atoms with E-state index >= 15 is 0 Å². The number of likely N-dealkylation sites (tertiary alicyclic amines) is 1. The molecule has 0 bridgehead atoms. The van der Waals surface area contributed by atoms with Crippen molar-refractivity contribution in [2.45, 2.75) is 32.6 Å². The number of ether oxygens (including phenoxy) is 1. The van der Waals surface area contributed by atoms with Gasteiger partial charge in [-0.1, -0.05) is 23.3 Å². The molecule has 4 heteroatoms. The number of urea groups is 1. The number of piperidine rings is 1. The minimum absolute atomic E-state index is 0.0259. The predicted molar refractivity (Wildman–Crippen MR) is 83.7 cm³/mol. The van der Waals surface area contributed by atoms with E-state index < -0.39 is 0 Å². The van der Waals surface area contributed by atoms with Crippen LogP contribution >= 0.6 is 0 Å². The summed E-state index contributed by atoms with van der Waals surface area (Å²) in [5.41, 5.74) is 3.97. The maximum absolute atomic E-state index is 12.4. The van der Waals surface area contributed by atoms with Crippen molar-refractivity contribution in [1.29, 1.82) is 0 Å². The smallest absolute Gasteiger partial charge is 0.321 e. The second kappa shape index (κ2) is 6.20. The van der Waals surface area contributed by atoms with E-state index in [2.05, 4.69) is 5.32 Å². The zero-order chi connectivity index (χ0) is 14.7. The third-order valence-corrected chi connectivity index (χ3v) is 4.08. The molecular weight excluding hydrogens is 264 g/mol. The van der Waals surface area contributed by atoms with Gasteiger partial charge in [0.1, 0.15) is 5.75 Å². The van der Waals surface area contributed by atoms with E-state index in [0.29, 0.717) is 6.61 Å². The van der Waals surface area contributed by atoms with Crippen molar-refractivity contribution in [3.8, 4) is 5.75 Å². The van der Waals surface area contributed by atoms with Crippen molar-refractivity contribution >= 4 is 11.7 Å². The molecule has 1 saturated heterocycles. The van der Waals surface area contributed by atoms with Crippen molar-refractivity contribution < 1.29 is 9.53 Å². The molecule has 2 fully saturated rings. The lowest BCUT2D eigenvalue weighted by atomic mass is 10.0. The Hall–Kier alpha value is -1.97. The standard InChI is InChI=1S/C17H22N2O2/c1-2-21-16-6-4-3-5-15(16)18-17(20)19-11-9-14(10-12-19)13-7-8-13/h3-6H,2,7-12H2,1H3,(H,18,20). The second-order valence-electron chi connectivity index (χ2n) is 5.55. The number of para-hydroxylation sites is 2. The molecule has 1 saturated carbocycles. The lowest BCUT2D eigenvalue weighted by Gasteiger charge is -2.29. The van der Waals surface area contributed by atoms with Gasteiger partial charge in [0.25, 0.3) is 0 Å². The van der Waals surface area contributed by atoms with Crippen LogP contribution in [0.5, 0.6) is 5.75 Å². The first-order chi connectivity index (χ1) is 10.3. The van der Waals surface area contributed by atoms with Crippen molar-refractivity contribution in [1.82, 2.24) is 4.90 Å². The number of anilines is 1. The summed E-state index contributed by atoms with van der Waals surface area (Å²) in [6.07, 6.45) is 4.64. The topological polar surface area (TPSA) is 41.6 Å². The Bertz CT molecular complexity index is 550. The van der Waals surface area contributed by atoms with Gasteiger partial charge in [0.15, 0.2) is 0 Å². The number of hydrogen-bond donors (Lipinski definition) is 1. The van der Waals surface area contributed by atoms with Gasteiger partial charge in [0.2, 0.25) is 0 Å². The molecule has 21 heavy (non-hydrogen) atoms. The van der Waals surface area contributed by atoms with E-state index in [1.54, 1.807) is 11.1 Å². The number of carbonyl (C=O) groups excluding carboxylic acids is 1. The number of allylic oxidation sites excluding steroid dienone is 1. The Morgan fingerprint density at radius 3 is 2.48 bits per heavy atom. The average molecular weight is 286 g/mol. The van der Waals surface area contributed by atoms with Crippen LogP contribution in [0.25, 0.3) is 0 Å². The molecule has 0 atom stereocenters. The van der Waals surface area contributed by atoms with E-state index in [1.165, 1.54) is 12.8 Å². The van der Waals surface area contributed by atoms with Gasteiger partial charge >= 0.3 is 6.03 Å². The lowest BCUT2D eigenvalue weighted by Crippen LogP contribution is -2.39. The molecule has 0 radical (unpaired) electrons. The Morgan fingerprint density at radius 2 is 1.81 bits per heavy atom. The number of nitrogens with one attached hydrogen (secondary N) is 1. The van der Waals surface area contributed by atoms with E-state index in [-0.39, 0.29) is 6.03 Å². The molecule has 4 nitrogen and oxygen atoms in total. The van der Waals surface area contributed by atoms with Crippen molar-refractivity contribution in [3.63, 3.8) is 0 Å². The molecule has 1 aliphatic heterocycles. The van der Waals surface area contributed by atoms with Crippen LogP contribution in [0, 0.1) is 0 Å². The van der Waals surface area contributed by atoms with Gasteiger partial charge in [-0.15, -0.1) is 0 Å². The molecule has 1 aromatic carbocycles. The van der Waals surface area contributed by atoms with E-state index in [4.69, 9.17) is 4.74 Å². The van der Waals surface area contributed by atoms with E-state index in [1.807, 2.05) is 36.1 Å². The molecule has 2 amide bonds. The fraction of sp³-hybridized carbons (Fsp3) is 0.471. The summed E-state index contributed by atoms with van der Waals surface area (Å²) in [5.74, 6) is 0.728. The second-order valence-corrected chi connectivity index (χ2v) is 5.55. The predicted octanol–water partition coefficient (Wildman–Crippen LogP) is 3.80. The molecular formula is C17H22N2O2. The number of hydrogen-bond acceptors (Lipinski definition) is 2. The average Bonchev–Trinajstić information content (AvgIpc) is 3.34. The monoisotopic (exact) mass is 286 g/mol. The third-order valence-electron chi connectivity index (χ3n) is 4.08. The minimum atomic E-state index is -0.0259. The first-order valence-corrected chi connectivity index (χ1v) is 7.75. The quantitative estimate of drug-likeness (QED) is 0.859. The Morgan fingerprint density at radius 1 is 1.14 bits per heavy atom. The Balaban J connectivity index is 1.60. The Labute approximate surface area is 125 Å². The van der Waals surface area contributed by atoms with Crippen LogP contribution in [0.3, 0.4) is 0 Å². The van der Waals surface area contributed by atoms with Crippen molar-refractivity contribution in [2.24, 2.45) is 0 Å². The summed E-state index contributed by atoms with van der Waals surface area (Å²) in [6.45, 7) is 4.17. The SMILES string of the molecule is CCOc1ccccc1NC(=O)N1CCC(=C2CC2)CC1. The molecule has 112 valence electrons. The zero-order valence-corrected chi connectivity index (χ0v) is 12.5. The zero-order valence-electron chi connectivity index (χ0n) is 12.5. The van der Waals surface area contributed by atoms with E-state index in [9.17, 15) is 4.79 Å². The maximum atomic E-state index is 12.4. The normalized spacial score (nSPS) is 17.7. The molecule has 2 aliphatic rings. The summed E-state index contributed by atoms with van der Waals surface area (Å²) in [7, 11) is 0.